The van der Waals surface area contributed by atoms with Crippen LogP contribution in [-0.4, -0.2) is 25.7 Å². The highest BCUT2D eigenvalue weighted by Gasteiger charge is 2.01. The zero-order valence-corrected chi connectivity index (χ0v) is 13.8. The largest absolute Gasteiger partial charge is 0.291 e. The predicted molar refractivity (Wildman–Crippen MR) is 99.3 cm³/mol. The van der Waals surface area contributed by atoms with E-state index in [4.69, 9.17) is 11.6 Å². The second-order valence-electron chi connectivity index (χ2n) is 5.31. The van der Waals surface area contributed by atoms with Gasteiger partial charge in [0.15, 0.2) is 0 Å². The van der Waals surface area contributed by atoms with Crippen molar-refractivity contribution in [1.82, 2.24) is 19.5 Å². The summed E-state index contributed by atoms with van der Waals surface area (Å²) in [6.45, 7) is 0. The van der Waals surface area contributed by atoms with Crippen molar-refractivity contribution in [3.63, 3.8) is 0 Å². The molecule has 0 saturated heterocycles. The summed E-state index contributed by atoms with van der Waals surface area (Å²) in [5, 5.41) is 5.90. The Labute approximate surface area is 148 Å². The van der Waals surface area contributed by atoms with Crippen LogP contribution < -0.4 is 5.43 Å². The van der Waals surface area contributed by atoms with Gasteiger partial charge >= 0.3 is 0 Å². The molecular weight excluding hydrogens is 336 g/mol. The Balaban J connectivity index is 1.51. The van der Waals surface area contributed by atoms with Crippen molar-refractivity contribution < 1.29 is 0 Å². The molecule has 0 aliphatic carbocycles. The van der Waals surface area contributed by atoms with Gasteiger partial charge in [-0.15, -0.1) is 0 Å². The molecule has 4 rings (SSSR count). The van der Waals surface area contributed by atoms with Crippen LogP contribution in [0.5, 0.6) is 0 Å². The Morgan fingerprint density at radius 3 is 2.84 bits per heavy atom. The van der Waals surface area contributed by atoms with Gasteiger partial charge in [-0.1, -0.05) is 11.6 Å². The highest BCUT2D eigenvalue weighted by molar-refractivity contribution is 6.31. The highest BCUT2D eigenvalue weighted by atomic mass is 35.5. The number of halogens is 1. The number of hydrogen-bond donors (Lipinski definition) is 1. The molecule has 1 aromatic carbocycles. The second kappa shape index (κ2) is 6.70. The minimum atomic E-state index is 0.657. The lowest BCUT2D eigenvalue weighted by molar-refractivity contribution is 0.992. The molecule has 0 saturated carbocycles. The number of benzene rings is 1. The molecule has 0 unspecified atom stereocenters. The number of hydrogen-bond acceptors (Lipinski definition) is 5. The maximum absolute atomic E-state index is 6.00. The Hall–Kier alpha value is -3.25. The molecule has 0 aliphatic rings. The van der Waals surface area contributed by atoms with Gasteiger partial charge in [0.2, 0.25) is 0 Å². The van der Waals surface area contributed by atoms with E-state index in [1.807, 2.05) is 47.2 Å². The van der Waals surface area contributed by atoms with E-state index in [1.165, 1.54) is 0 Å². The topological polar surface area (TPSA) is 68.0 Å². The van der Waals surface area contributed by atoms with Crippen LogP contribution >= 0.6 is 11.6 Å². The zero-order chi connectivity index (χ0) is 17.1. The van der Waals surface area contributed by atoms with Gasteiger partial charge in [-0.05, 0) is 36.4 Å². The zero-order valence-electron chi connectivity index (χ0n) is 13.0. The van der Waals surface area contributed by atoms with Gasteiger partial charge in [0.1, 0.15) is 12.1 Å². The average molecular weight is 349 g/mol. The van der Waals surface area contributed by atoms with Gasteiger partial charge < -0.3 is 0 Å². The van der Waals surface area contributed by atoms with Crippen LogP contribution in [0, 0.1) is 0 Å². The van der Waals surface area contributed by atoms with E-state index < -0.39 is 0 Å². The maximum atomic E-state index is 6.00. The van der Waals surface area contributed by atoms with Gasteiger partial charge in [0, 0.05) is 40.8 Å². The number of anilines is 1. The first kappa shape index (κ1) is 15.3. The van der Waals surface area contributed by atoms with Gasteiger partial charge in [-0.2, -0.15) is 5.10 Å². The van der Waals surface area contributed by atoms with E-state index in [-0.39, 0.29) is 0 Å². The summed E-state index contributed by atoms with van der Waals surface area (Å²) in [6, 6.07) is 11.3. The molecule has 0 amide bonds. The van der Waals surface area contributed by atoms with Crippen molar-refractivity contribution >= 4 is 34.4 Å². The maximum Gasteiger partial charge on any atom is 0.137 e. The van der Waals surface area contributed by atoms with Gasteiger partial charge in [-0.3, -0.25) is 15.0 Å². The lowest BCUT2D eigenvalue weighted by Gasteiger charge is -2.05. The number of nitrogens with one attached hydrogen (secondary N) is 1. The Bertz CT molecular complexity index is 1030. The molecule has 0 spiro atoms. The minimum absolute atomic E-state index is 0.657. The monoisotopic (exact) mass is 348 g/mol. The van der Waals surface area contributed by atoms with Crippen LogP contribution in [0.2, 0.25) is 5.02 Å². The summed E-state index contributed by atoms with van der Waals surface area (Å²) >= 11 is 6.00. The average Bonchev–Trinajstić information content (AvgIpc) is 3.17. The molecule has 0 radical (unpaired) electrons. The molecule has 6 nitrogen and oxygen atoms in total. The molecular formula is C18H13ClN6. The molecule has 0 bridgehead atoms. The second-order valence-corrected chi connectivity index (χ2v) is 5.75. The Morgan fingerprint density at radius 2 is 2.04 bits per heavy atom. The summed E-state index contributed by atoms with van der Waals surface area (Å²) in [7, 11) is 0. The number of fused-ring (bicyclic) bond motifs is 1. The van der Waals surface area contributed by atoms with Crippen LogP contribution in [0.4, 0.5) is 5.69 Å². The SMILES string of the molecule is Clc1ccc2c(NN=Cc3ccc(-n4ccnc4)nc3)ccnc2c1. The van der Waals surface area contributed by atoms with Crippen molar-refractivity contribution in [1.29, 1.82) is 0 Å². The van der Waals surface area contributed by atoms with Crippen molar-refractivity contribution in [3.05, 3.63) is 78.1 Å². The fourth-order valence-electron chi connectivity index (χ4n) is 2.42. The molecule has 122 valence electrons. The number of pyridine rings is 2. The third-order valence-corrected chi connectivity index (χ3v) is 3.88. The van der Waals surface area contributed by atoms with Crippen LogP contribution in [-0.2, 0) is 0 Å². The third-order valence-electron chi connectivity index (χ3n) is 3.64. The number of hydrazone groups is 1. The van der Waals surface area contributed by atoms with Crippen LogP contribution in [0.3, 0.4) is 0 Å². The first-order chi connectivity index (χ1) is 12.3. The normalized spacial score (nSPS) is 11.2. The summed E-state index contributed by atoms with van der Waals surface area (Å²) in [6.07, 6.45) is 10.5. The smallest absolute Gasteiger partial charge is 0.137 e. The summed E-state index contributed by atoms with van der Waals surface area (Å²) in [5.74, 6) is 0.805. The van der Waals surface area contributed by atoms with E-state index in [2.05, 4.69) is 25.5 Å². The van der Waals surface area contributed by atoms with Crippen molar-refractivity contribution in [2.45, 2.75) is 0 Å². The third kappa shape index (κ3) is 3.34. The number of imidazole rings is 1. The van der Waals surface area contributed by atoms with E-state index in [9.17, 15) is 0 Å². The van der Waals surface area contributed by atoms with Crippen LogP contribution in [0.15, 0.2) is 72.6 Å². The minimum Gasteiger partial charge on any atom is -0.291 e. The molecule has 4 aromatic rings. The predicted octanol–water partition coefficient (Wildman–Crippen LogP) is 3.91. The number of rotatable bonds is 4. The molecule has 3 aromatic heterocycles. The van der Waals surface area contributed by atoms with E-state index in [1.54, 1.807) is 31.1 Å². The van der Waals surface area contributed by atoms with E-state index >= 15 is 0 Å². The lowest BCUT2D eigenvalue weighted by atomic mass is 10.2. The van der Waals surface area contributed by atoms with E-state index in [0.29, 0.717) is 5.02 Å². The molecule has 25 heavy (non-hydrogen) atoms. The van der Waals surface area contributed by atoms with Crippen molar-refractivity contribution in [3.8, 4) is 5.82 Å². The Morgan fingerprint density at radius 1 is 1.08 bits per heavy atom. The fourth-order valence-corrected chi connectivity index (χ4v) is 2.58. The van der Waals surface area contributed by atoms with E-state index in [0.717, 1.165) is 28.0 Å². The summed E-state index contributed by atoms with van der Waals surface area (Å²) < 4.78 is 1.84. The van der Waals surface area contributed by atoms with Gasteiger partial charge in [0.25, 0.3) is 0 Å². The van der Waals surface area contributed by atoms with Gasteiger partial charge in [-0.25, -0.2) is 9.97 Å². The molecule has 7 heteroatoms. The number of nitrogens with zero attached hydrogens (tertiary/aromatic N) is 5. The fraction of sp³-hybridized carbons (Fsp3) is 0. The molecule has 0 aliphatic heterocycles. The first-order valence-electron chi connectivity index (χ1n) is 7.57. The Kier molecular flexibility index (Phi) is 4.10. The van der Waals surface area contributed by atoms with Crippen molar-refractivity contribution in [2.24, 2.45) is 5.10 Å². The highest BCUT2D eigenvalue weighted by Crippen LogP contribution is 2.24. The standard InChI is InChI=1S/C18H13ClN6/c19-14-2-3-15-16(5-6-21-17(15)9-14)24-23-11-13-1-4-18(22-10-13)25-8-7-20-12-25/h1-12H,(H,21,24). The molecule has 1 N–H and O–H groups in total. The van der Waals surface area contributed by atoms with Gasteiger partial charge in [0.05, 0.1) is 17.4 Å². The first-order valence-corrected chi connectivity index (χ1v) is 7.95. The summed E-state index contributed by atoms with van der Waals surface area (Å²) in [4.78, 5) is 12.7. The molecule has 3 heterocycles. The van der Waals surface area contributed by atoms with Crippen molar-refractivity contribution in [2.75, 3.05) is 5.43 Å². The molecule has 0 fully saturated rings. The molecule has 0 atom stereocenters. The van der Waals surface area contributed by atoms with Crippen LogP contribution in [0.1, 0.15) is 5.56 Å². The lowest BCUT2D eigenvalue weighted by Crippen LogP contribution is -1.96. The number of aromatic nitrogens is 4. The van der Waals surface area contributed by atoms with Crippen LogP contribution in [0.25, 0.3) is 16.7 Å². The summed E-state index contributed by atoms with van der Waals surface area (Å²) in [5.41, 5.74) is 5.61. The quantitative estimate of drug-likeness (QED) is 0.448.